The first kappa shape index (κ1) is 18.8. The van der Waals surface area contributed by atoms with Crippen LogP contribution < -0.4 is 4.74 Å². The number of unbranched alkanes of at least 4 members (excludes halogenated alkanes) is 1. The highest BCUT2D eigenvalue weighted by Gasteiger charge is 2.15. The summed E-state index contributed by atoms with van der Waals surface area (Å²) in [6.45, 7) is 10.2. The van der Waals surface area contributed by atoms with Crippen LogP contribution in [0.2, 0.25) is 5.02 Å². The van der Waals surface area contributed by atoms with Gasteiger partial charge in [0.2, 0.25) is 0 Å². The summed E-state index contributed by atoms with van der Waals surface area (Å²) in [6.07, 6.45) is 4.37. The Hall–Kier alpha value is -1.52. The largest absolute Gasteiger partial charge is 0.489 e. The second kappa shape index (κ2) is 8.54. The molecule has 0 amide bonds. The highest BCUT2D eigenvalue weighted by atomic mass is 35.5. The molecule has 2 rings (SSSR count). The zero-order valence-corrected chi connectivity index (χ0v) is 16.1. The quantitative estimate of drug-likeness (QED) is 0.724. The Kier molecular flexibility index (Phi) is 6.69. The summed E-state index contributed by atoms with van der Waals surface area (Å²) in [5.74, 6) is 0.764. The van der Waals surface area contributed by atoms with Gasteiger partial charge in [0.1, 0.15) is 5.75 Å². The number of aromatic nitrogens is 2. The van der Waals surface area contributed by atoms with Gasteiger partial charge in [0.05, 0.1) is 23.0 Å². The van der Waals surface area contributed by atoms with Gasteiger partial charge in [-0.1, -0.05) is 24.9 Å². The summed E-state index contributed by atoms with van der Waals surface area (Å²) in [7, 11) is 2.14. The van der Waals surface area contributed by atoms with Crippen molar-refractivity contribution in [3.05, 3.63) is 34.6 Å². The van der Waals surface area contributed by atoms with Crippen molar-refractivity contribution in [2.24, 2.45) is 0 Å². The normalized spacial score (nSPS) is 11.5. The fourth-order valence-corrected chi connectivity index (χ4v) is 3.04. The molecule has 1 N–H and O–H groups in total. The summed E-state index contributed by atoms with van der Waals surface area (Å²) in [5, 5.41) is 8.01. The van der Waals surface area contributed by atoms with Crippen molar-refractivity contribution in [2.45, 2.75) is 53.2 Å². The van der Waals surface area contributed by atoms with Crippen LogP contribution in [0.15, 0.2) is 18.3 Å². The minimum Gasteiger partial charge on any atom is -0.489 e. The number of rotatable bonds is 8. The molecule has 0 unspecified atom stereocenters. The molecule has 0 fully saturated rings. The van der Waals surface area contributed by atoms with Crippen LogP contribution in [0.3, 0.4) is 0 Å². The van der Waals surface area contributed by atoms with E-state index in [9.17, 15) is 0 Å². The second-order valence-electron chi connectivity index (χ2n) is 6.62. The predicted molar refractivity (Wildman–Crippen MR) is 101 cm³/mol. The van der Waals surface area contributed by atoms with Crippen LogP contribution in [0.5, 0.6) is 5.75 Å². The van der Waals surface area contributed by atoms with Crippen molar-refractivity contribution in [3.63, 3.8) is 0 Å². The van der Waals surface area contributed by atoms with Gasteiger partial charge in [-0.3, -0.25) is 5.10 Å². The average Bonchev–Trinajstić information content (AvgIpc) is 2.96. The van der Waals surface area contributed by atoms with E-state index in [-0.39, 0.29) is 6.10 Å². The number of benzene rings is 1. The van der Waals surface area contributed by atoms with Gasteiger partial charge in [0, 0.05) is 12.1 Å². The van der Waals surface area contributed by atoms with E-state index in [1.165, 1.54) is 12.8 Å². The predicted octanol–water partition coefficient (Wildman–Crippen LogP) is 5.06. The molecule has 5 heteroatoms. The molecule has 1 aromatic carbocycles. The van der Waals surface area contributed by atoms with Crippen molar-refractivity contribution >= 4 is 11.6 Å². The van der Waals surface area contributed by atoms with E-state index in [2.05, 4.69) is 35.1 Å². The average molecular weight is 350 g/mol. The first-order valence-corrected chi connectivity index (χ1v) is 8.98. The molecule has 0 aliphatic carbocycles. The minimum absolute atomic E-state index is 0.101. The number of aromatic amines is 1. The van der Waals surface area contributed by atoms with Gasteiger partial charge in [-0.25, -0.2) is 0 Å². The molecular formula is C19H28ClN3O. The van der Waals surface area contributed by atoms with Crippen molar-refractivity contribution < 1.29 is 4.74 Å². The number of hydrogen-bond acceptors (Lipinski definition) is 3. The lowest BCUT2D eigenvalue weighted by molar-refractivity contribution is 0.241. The molecule has 24 heavy (non-hydrogen) atoms. The van der Waals surface area contributed by atoms with Crippen LogP contribution >= 0.6 is 11.6 Å². The van der Waals surface area contributed by atoms with Gasteiger partial charge < -0.3 is 9.64 Å². The molecule has 0 spiro atoms. The minimum atomic E-state index is 0.101. The zero-order valence-electron chi connectivity index (χ0n) is 15.3. The second-order valence-corrected chi connectivity index (χ2v) is 7.03. The summed E-state index contributed by atoms with van der Waals surface area (Å²) in [5.41, 5.74) is 4.32. The van der Waals surface area contributed by atoms with E-state index >= 15 is 0 Å². The van der Waals surface area contributed by atoms with Crippen molar-refractivity contribution in [1.29, 1.82) is 0 Å². The summed E-state index contributed by atoms with van der Waals surface area (Å²) in [6, 6.07) is 4.08. The van der Waals surface area contributed by atoms with Crippen molar-refractivity contribution in [1.82, 2.24) is 15.1 Å². The Morgan fingerprint density at radius 3 is 2.71 bits per heavy atom. The molecule has 0 radical (unpaired) electrons. The molecule has 0 saturated heterocycles. The SMILES string of the molecule is CCCCN(C)Cc1[nH]ncc1-c1cc(C)c(OC(C)C)c(Cl)c1. The smallest absolute Gasteiger partial charge is 0.141 e. The molecule has 0 atom stereocenters. The number of aryl methyl sites for hydroxylation is 1. The summed E-state index contributed by atoms with van der Waals surface area (Å²) in [4.78, 5) is 2.31. The first-order chi connectivity index (χ1) is 11.4. The molecule has 0 aliphatic heterocycles. The third kappa shape index (κ3) is 4.74. The fourth-order valence-electron chi connectivity index (χ4n) is 2.73. The molecule has 0 saturated carbocycles. The van der Waals surface area contributed by atoms with Crippen LogP contribution in [0, 0.1) is 6.92 Å². The highest BCUT2D eigenvalue weighted by molar-refractivity contribution is 6.32. The molecular weight excluding hydrogens is 322 g/mol. The Morgan fingerprint density at radius 1 is 1.33 bits per heavy atom. The molecule has 0 aliphatic rings. The van der Waals surface area contributed by atoms with Crippen LogP contribution in [-0.2, 0) is 6.54 Å². The lowest BCUT2D eigenvalue weighted by Crippen LogP contribution is -2.19. The van der Waals surface area contributed by atoms with Gasteiger partial charge in [-0.15, -0.1) is 0 Å². The van der Waals surface area contributed by atoms with E-state index in [1.807, 2.05) is 33.0 Å². The van der Waals surface area contributed by atoms with Crippen LogP contribution in [0.25, 0.3) is 11.1 Å². The number of H-pyrrole nitrogens is 1. The van der Waals surface area contributed by atoms with E-state index in [4.69, 9.17) is 16.3 Å². The number of halogens is 1. The summed E-state index contributed by atoms with van der Waals surface area (Å²) >= 11 is 6.46. The third-order valence-electron chi connectivity index (χ3n) is 3.93. The van der Waals surface area contributed by atoms with Gasteiger partial charge in [-0.05, 0) is 64.0 Å². The van der Waals surface area contributed by atoms with Gasteiger partial charge in [0.15, 0.2) is 0 Å². The molecule has 1 heterocycles. The Balaban J connectivity index is 2.25. The van der Waals surface area contributed by atoms with E-state index < -0.39 is 0 Å². The maximum atomic E-state index is 6.46. The number of hydrogen-bond donors (Lipinski definition) is 1. The van der Waals surface area contributed by atoms with Crippen LogP contribution in [0.4, 0.5) is 0 Å². The Morgan fingerprint density at radius 2 is 2.08 bits per heavy atom. The van der Waals surface area contributed by atoms with Gasteiger partial charge in [0.25, 0.3) is 0 Å². The Bertz CT molecular complexity index is 643. The molecule has 2 aromatic rings. The molecule has 4 nitrogen and oxygen atoms in total. The van der Waals surface area contributed by atoms with Gasteiger partial charge in [-0.2, -0.15) is 5.10 Å². The van der Waals surface area contributed by atoms with Crippen molar-refractivity contribution in [2.75, 3.05) is 13.6 Å². The number of nitrogens with zero attached hydrogens (tertiary/aromatic N) is 2. The lowest BCUT2D eigenvalue weighted by atomic mass is 10.0. The standard InChI is InChI=1S/C19H28ClN3O/c1-6-7-8-23(5)12-18-16(11-21-22-18)15-9-14(4)19(17(20)10-15)24-13(2)3/h9-11,13H,6-8,12H2,1-5H3,(H,21,22). The number of nitrogens with one attached hydrogen (secondary N) is 1. The van der Waals surface area contributed by atoms with E-state index in [0.29, 0.717) is 5.02 Å². The molecule has 1 aromatic heterocycles. The molecule has 132 valence electrons. The van der Waals surface area contributed by atoms with Crippen LogP contribution in [-0.4, -0.2) is 34.8 Å². The number of ether oxygens (including phenoxy) is 1. The first-order valence-electron chi connectivity index (χ1n) is 8.60. The third-order valence-corrected chi connectivity index (χ3v) is 4.21. The highest BCUT2D eigenvalue weighted by Crippen LogP contribution is 2.35. The van der Waals surface area contributed by atoms with E-state index in [1.54, 1.807) is 0 Å². The van der Waals surface area contributed by atoms with Gasteiger partial charge >= 0.3 is 0 Å². The maximum Gasteiger partial charge on any atom is 0.141 e. The monoisotopic (exact) mass is 349 g/mol. The Labute approximate surface area is 150 Å². The molecule has 0 bridgehead atoms. The maximum absolute atomic E-state index is 6.46. The lowest BCUT2D eigenvalue weighted by Gasteiger charge is -2.17. The van der Waals surface area contributed by atoms with Crippen LogP contribution in [0.1, 0.15) is 44.9 Å². The summed E-state index contributed by atoms with van der Waals surface area (Å²) < 4.78 is 5.82. The fraction of sp³-hybridized carbons (Fsp3) is 0.526. The zero-order chi connectivity index (χ0) is 17.7. The topological polar surface area (TPSA) is 41.2 Å². The van der Waals surface area contributed by atoms with E-state index in [0.717, 1.165) is 41.2 Å². The van der Waals surface area contributed by atoms with Crippen molar-refractivity contribution in [3.8, 4) is 16.9 Å².